The van der Waals surface area contributed by atoms with E-state index in [0.29, 0.717) is 0 Å². The molecule has 2 nitrogen and oxygen atoms in total. The van der Waals surface area contributed by atoms with Crippen LogP contribution in [-0.4, -0.2) is 4.98 Å². The van der Waals surface area contributed by atoms with Crippen LogP contribution in [0.25, 0.3) is 44.6 Å². The van der Waals surface area contributed by atoms with E-state index >= 15 is 0 Å². The number of hydrogen-bond acceptors (Lipinski definition) is 2. The highest BCUT2D eigenvalue weighted by Gasteiger charge is 2.46. The first-order valence-electron chi connectivity index (χ1n) is 19.2. The predicted octanol–water partition coefficient (Wildman–Crippen LogP) is 13.9. The fourth-order valence-corrected chi connectivity index (χ4v) is 8.63. The van der Waals surface area contributed by atoms with Gasteiger partial charge < -0.3 is 4.90 Å². The van der Waals surface area contributed by atoms with Gasteiger partial charge in [-0.3, -0.25) is 4.98 Å². The summed E-state index contributed by atoms with van der Waals surface area (Å²) in [5.41, 5.74) is 16.9. The summed E-state index contributed by atoms with van der Waals surface area (Å²) in [5.74, 6) is 0. The molecule has 1 heterocycles. The molecule has 0 saturated carbocycles. The van der Waals surface area contributed by atoms with Gasteiger partial charge in [0.1, 0.15) is 0 Å². The Bertz CT molecular complexity index is 2680. The summed E-state index contributed by atoms with van der Waals surface area (Å²) in [6, 6.07) is 81.0. The summed E-state index contributed by atoms with van der Waals surface area (Å²) in [4.78, 5) is 7.29. The average Bonchev–Trinajstić information content (AvgIpc) is 3.59. The molecule has 0 fully saturated rings. The summed E-state index contributed by atoms with van der Waals surface area (Å²) < 4.78 is 0. The number of anilines is 3. The van der Waals surface area contributed by atoms with Gasteiger partial charge in [-0.2, -0.15) is 0 Å². The van der Waals surface area contributed by atoms with Crippen LogP contribution in [0.5, 0.6) is 0 Å². The van der Waals surface area contributed by atoms with E-state index in [2.05, 4.69) is 229 Å². The maximum atomic E-state index is 4.89. The molecule has 0 N–H and O–H groups in total. The van der Waals surface area contributed by atoms with Crippen LogP contribution < -0.4 is 4.90 Å². The van der Waals surface area contributed by atoms with E-state index in [1.54, 1.807) is 0 Å². The van der Waals surface area contributed by atoms with Gasteiger partial charge in [0, 0.05) is 28.8 Å². The van der Waals surface area contributed by atoms with Gasteiger partial charge in [0.05, 0.1) is 11.1 Å². The number of pyridine rings is 1. The third-order valence-corrected chi connectivity index (χ3v) is 11.2. The van der Waals surface area contributed by atoms with Gasteiger partial charge in [-0.1, -0.05) is 176 Å². The fraction of sp³-hybridized carbons (Fsp3) is 0.0185. The normalized spacial score (nSPS) is 14.1. The molecule has 1 aromatic heterocycles. The minimum Gasteiger partial charge on any atom is -0.310 e. The van der Waals surface area contributed by atoms with Gasteiger partial charge >= 0.3 is 0 Å². The van der Waals surface area contributed by atoms with Gasteiger partial charge in [0.15, 0.2) is 0 Å². The topological polar surface area (TPSA) is 16.1 Å². The molecule has 0 radical (unpaired) electrons. The van der Waals surface area contributed by atoms with Gasteiger partial charge in [0.2, 0.25) is 0 Å². The molecule has 0 spiro atoms. The molecule has 1 aliphatic rings. The largest absolute Gasteiger partial charge is 0.310 e. The number of benzene rings is 8. The Kier molecular flexibility index (Phi) is 8.42. The molecule has 1 unspecified atom stereocenters. The zero-order chi connectivity index (χ0) is 37.3. The maximum Gasteiger partial charge on any atom is 0.0715 e. The highest BCUT2D eigenvalue weighted by atomic mass is 15.1. The van der Waals surface area contributed by atoms with Crippen molar-refractivity contribution < 1.29 is 0 Å². The molecule has 9 aromatic rings. The lowest BCUT2D eigenvalue weighted by Crippen LogP contribution is -2.29. The monoisotopic (exact) mass is 714 g/mol. The Morgan fingerprint density at radius 2 is 0.786 bits per heavy atom. The van der Waals surface area contributed by atoms with E-state index in [0.717, 1.165) is 28.3 Å². The first-order valence-corrected chi connectivity index (χ1v) is 19.2. The first kappa shape index (κ1) is 33.3. The summed E-state index contributed by atoms with van der Waals surface area (Å²) >= 11 is 0. The highest BCUT2D eigenvalue weighted by Crippen LogP contribution is 2.57. The minimum absolute atomic E-state index is 0.588. The second kappa shape index (κ2) is 14.2. The van der Waals surface area contributed by atoms with Crippen molar-refractivity contribution in [1.82, 2.24) is 4.98 Å². The molecule has 8 aromatic carbocycles. The molecule has 56 heavy (non-hydrogen) atoms. The smallest absolute Gasteiger partial charge is 0.0715 e. The van der Waals surface area contributed by atoms with E-state index < -0.39 is 5.41 Å². The molecule has 0 bridgehead atoms. The quantitative estimate of drug-likeness (QED) is 0.156. The van der Waals surface area contributed by atoms with Gasteiger partial charge in [-0.05, 0) is 104 Å². The minimum atomic E-state index is -0.588. The molecule has 0 aliphatic heterocycles. The third-order valence-electron chi connectivity index (χ3n) is 11.2. The molecule has 0 amide bonds. The van der Waals surface area contributed by atoms with Crippen LogP contribution in [0.2, 0.25) is 0 Å². The van der Waals surface area contributed by atoms with Crippen LogP contribution in [0, 0.1) is 0 Å². The molecule has 2 heteroatoms. The zero-order valence-corrected chi connectivity index (χ0v) is 30.8. The Balaban J connectivity index is 1.19. The van der Waals surface area contributed by atoms with Crippen LogP contribution in [0.15, 0.2) is 231 Å². The lowest BCUT2D eigenvalue weighted by atomic mass is 9.67. The maximum absolute atomic E-state index is 4.89. The lowest BCUT2D eigenvalue weighted by Gasteiger charge is -2.35. The number of rotatable bonds is 8. The van der Waals surface area contributed by atoms with Crippen molar-refractivity contribution >= 4 is 17.1 Å². The van der Waals surface area contributed by atoms with Crippen molar-refractivity contribution in [1.29, 1.82) is 0 Å². The van der Waals surface area contributed by atoms with Crippen LogP contribution in [0.4, 0.5) is 17.1 Å². The molecule has 1 aliphatic carbocycles. The second-order valence-electron chi connectivity index (χ2n) is 14.3. The number of fused-ring (bicyclic) bond motifs is 3. The standard InChI is InChI=1S/C54H38N2/c1-5-15-39(16-6-1)41-25-29-46(30-26-41)56(47-31-27-42(28-32-47)40-17-7-2-8-18-40)48-33-34-50-49-23-13-14-24-51(49)54(52(50)38-48,44-21-11-4-12-22-44)45-35-36-55-53(37-45)43-19-9-3-10-20-43/h1-38H. The molecule has 0 saturated heterocycles. The number of nitrogens with zero attached hydrogens (tertiary/aromatic N) is 2. The van der Waals surface area contributed by atoms with E-state index in [1.165, 1.54) is 55.6 Å². The Labute approximate surface area is 328 Å². The van der Waals surface area contributed by atoms with E-state index in [4.69, 9.17) is 4.98 Å². The van der Waals surface area contributed by atoms with Crippen molar-refractivity contribution in [3.63, 3.8) is 0 Å². The van der Waals surface area contributed by atoms with Crippen molar-refractivity contribution in [2.75, 3.05) is 4.90 Å². The average molecular weight is 715 g/mol. The summed E-state index contributed by atoms with van der Waals surface area (Å²) in [6.07, 6.45) is 1.97. The van der Waals surface area contributed by atoms with Crippen LogP contribution in [-0.2, 0) is 5.41 Å². The molecule has 1 atom stereocenters. The predicted molar refractivity (Wildman–Crippen MR) is 233 cm³/mol. The van der Waals surface area contributed by atoms with E-state index in [1.807, 2.05) is 6.20 Å². The van der Waals surface area contributed by atoms with Gasteiger partial charge in [-0.15, -0.1) is 0 Å². The van der Waals surface area contributed by atoms with Crippen molar-refractivity contribution in [2.45, 2.75) is 5.41 Å². The van der Waals surface area contributed by atoms with Gasteiger partial charge in [-0.25, -0.2) is 0 Å². The number of aromatic nitrogens is 1. The summed E-state index contributed by atoms with van der Waals surface area (Å²) in [5, 5.41) is 0. The lowest BCUT2D eigenvalue weighted by molar-refractivity contribution is 0.766. The third kappa shape index (κ3) is 5.71. The first-order chi connectivity index (χ1) is 27.8. The van der Waals surface area contributed by atoms with Crippen LogP contribution >= 0.6 is 0 Å². The molecular weight excluding hydrogens is 677 g/mol. The SMILES string of the molecule is c1ccc(-c2ccc(N(c3ccc(-c4ccccc4)cc3)c3ccc4c(c3)C(c3ccccc3)(c3ccnc(-c5ccccc5)c3)c3ccccc3-4)cc2)cc1. The molecular formula is C54H38N2. The fourth-order valence-electron chi connectivity index (χ4n) is 8.63. The zero-order valence-electron chi connectivity index (χ0n) is 30.8. The van der Waals surface area contributed by atoms with Crippen LogP contribution in [0.3, 0.4) is 0 Å². The molecule has 264 valence electrons. The second-order valence-corrected chi connectivity index (χ2v) is 14.3. The molecule has 10 rings (SSSR count). The Morgan fingerprint density at radius 1 is 0.321 bits per heavy atom. The number of hydrogen-bond donors (Lipinski definition) is 0. The van der Waals surface area contributed by atoms with Crippen molar-refractivity contribution in [3.05, 3.63) is 253 Å². The van der Waals surface area contributed by atoms with Gasteiger partial charge in [0.25, 0.3) is 0 Å². The van der Waals surface area contributed by atoms with Crippen molar-refractivity contribution in [2.24, 2.45) is 0 Å². The summed E-state index contributed by atoms with van der Waals surface area (Å²) in [6.45, 7) is 0. The Morgan fingerprint density at radius 3 is 1.38 bits per heavy atom. The Hall–Kier alpha value is -7.29. The van der Waals surface area contributed by atoms with E-state index in [-0.39, 0.29) is 0 Å². The van der Waals surface area contributed by atoms with Crippen molar-refractivity contribution in [3.8, 4) is 44.6 Å². The highest BCUT2D eigenvalue weighted by molar-refractivity contribution is 5.90. The summed E-state index contributed by atoms with van der Waals surface area (Å²) in [7, 11) is 0. The van der Waals surface area contributed by atoms with E-state index in [9.17, 15) is 0 Å². The van der Waals surface area contributed by atoms with Crippen LogP contribution in [0.1, 0.15) is 22.3 Å².